The van der Waals surface area contributed by atoms with E-state index in [1.54, 1.807) is 16.8 Å². The first-order valence-electron chi connectivity index (χ1n) is 6.41. The van der Waals surface area contributed by atoms with Crippen LogP contribution in [0.3, 0.4) is 0 Å². The van der Waals surface area contributed by atoms with Gasteiger partial charge in [0.25, 0.3) is 5.56 Å². The van der Waals surface area contributed by atoms with Crippen molar-refractivity contribution in [2.24, 2.45) is 0 Å². The van der Waals surface area contributed by atoms with Gasteiger partial charge in [0.15, 0.2) is 0 Å². The van der Waals surface area contributed by atoms with Gasteiger partial charge < -0.3 is 19.9 Å². The van der Waals surface area contributed by atoms with Crippen LogP contribution in [-0.4, -0.2) is 42.3 Å². The molecule has 0 aliphatic carbocycles. The Balaban J connectivity index is 1.80. The molecule has 1 saturated heterocycles. The zero-order chi connectivity index (χ0) is 13.0. The number of likely N-dealkylation sites (N-methyl/N-ethyl adjacent to an activating group) is 1. The molecule has 0 bridgehead atoms. The molecule has 5 nitrogen and oxygen atoms in total. The number of rotatable bonds is 5. The van der Waals surface area contributed by atoms with Crippen LogP contribution >= 0.6 is 0 Å². The molecule has 0 amide bonds. The number of pyridine rings is 1. The quantitative estimate of drug-likeness (QED) is 0.830. The lowest BCUT2D eigenvalue weighted by Crippen LogP contribution is -2.33. The van der Waals surface area contributed by atoms with Crippen molar-refractivity contribution in [2.45, 2.75) is 25.4 Å². The highest BCUT2D eigenvalue weighted by atomic mass is 16.5. The van der Waals surface area contributed by atoms with Gasteiger partial charge in [-0.1, -0.05) is 0 Å². The van der Waals surface area contributed by atoms with E-state index in [2.05, 4.69) is 11.9 Å². The fourth-order valence-electron chi connectivity index (χ4n) is 2.27. The summed E-state index contributed by atoms with van der Waals surface area (Å²) in [5.41, 5.74) is 6.31. The molecule has 0 aromatic carbocycles. The van der Waals surface area contributed by atoms with E-state index in [4.69, 9.17) is 10.5 Å². The molecule has 0 saturated carbocycles. The van der Waals surface area contributed by atoms with Crippen LogP contribution in [0.5, 0.6) is 0 Å². The summed E-state index contributed by atoms with van der Waals surface area (Å²) >= 11 is 0. The van der Waals surface area contributed by atoms with Crippen LogP contribution in [0.25, 0.3) is 0 Å². The highest BCUT2D eigenvalue weighted by Gasteiger charge is 2.19. The van der Waals surface area contributed by atoms with E-state index in [1.165, 1.54) is 6.07 Å². The van der Waals surface area contributed by atoms with E-state index >= 15 is 0 Å². The molecule has 0 spiro atoms. The predicted octanol–water partition coefficient (Wildman–Crippen LogP) is 0.541. The number of aryl methyl sites for hydroxylation is 1. The average Bonchev–Trinajstić information content (AvgIpc) is 2.87. The minimum atomic E-state index is 0.0102. The maximum absolute atomic E-state index is 11.6. The topological polar surface area (TPSA) is 60.5 Å². The Morgan fingerprint density at radius 1 is 1.56 bits per heavy atom. The molecular formula is C13H21N3O2. The van der Waals surface area contributed by atoms with E-state index in [9.17, 15) is 4.79 Å². The third kappa shape index (κ3) is 3.34. The summed E-state index contributed by atoms with van der Waals surface area (Å²) in [5, 5.41) is 0. The Hall–Kier alpha value is -1.33. The van der Waals surface area contributed by atoms with E-state index in [0.717, 1.165) is 32.6 Å². The number of anilines is 1. The monoisotopic (exact) mass is 251 g/mol. The van der Waals surface area contributed by atoms with Crippen molar-refractivity contribution in [3.8, 4) is 0 Å². The first-order chi connectivity index (χ1) is 8.66. The average molecular weight is 251 g/mol. The van der Waals surface area contributed by atoms with Crippen molar-refractivity contribution in [1.29, 1.82) is 0 Å². The number of hydrogen-bond donors (Lipinski definition) is 1. The zero-order valence-electron chi connectivity index (χ0n) is 10.8. The van der Waals surface area contributed by atoms with Gasteiger partial charge in [0, 0.05) is 37.1 Å². The predicted molar refractivity (Wildman–Crippen MR) is 71.6 cm³/mol. The molecule has 1 aliphatic heterocycles. The highest BCUT2D eigenvalue weighted by Crippen LogP contribution is 2.10. The lowest BCUT2D eigenvalue weighted by atomic mass is 10.2. The molecule has 1 atom stereocenters. The second kappa shape index (κ2) is 6.02. The van der Waals surface area contributed by atoms with Crippen LogP contribution in [-0.2, 0) is 11.3 Å². The molecule has 1 fully saturated rings. The van der Waals surface area contributed by atoms with Crippen molar-refractivity contribution < 1.29 is 4.74 Å². The summed E-state index contributed by atoms with van der Waals surface area (Å²) < 4.78 is 7.04. The molecule has 1 aromatic rings. The van der Waals surface area contributed by atoms with Crippen molar-refractivity contribution in [2.75, 3.05) is 32.5 Å². The first kappa shape index (κ1) is 13.1. The van der Waals surface area contributed by atoms with Crippen LogP contribution in [0.1, 0.15) is 12.8 Å². The smallest absolute Gasteiger partial charge is 0.250 e. The lowest BCUT2D eigenvalue weighted by Gasteiger charge is -2.22. The van der Waals surface area contributed by atoms with E-state index in [-0.39, 0.29) is 5.56 Å². The highest BCUT2D eigenvalue weighted by molar-refractivity contribution is 5.33. The fraction of sp³-hybridized carbons (Fsp3) is 0.615. The molecule has 1 aliphatic rings. The molecule has 5 heteroatoms. The van der Waals surface area contributed by atoms with Gasteiger partial charge in [0.05, 0.1) is 6.61 Å². The van der Waals surface area contributed by atoms with Crippen molar-refractivity contribution in [3.63, 3.8) is 0 Å². The van der Waals surface area contributed by atoms with Crippen LogP contribution in [0.2, 0.25) is 0 Å². The standard InChI is InChI=1S/C13H21N3O2/c1-15(12-5-8-18-10-12)6-2-7-16-9-11(14)3-4-13(16)17/h3-4,9,12H,2,5-8,10,14H2,1H3. The van der Waals surface area contributed by atoms with Gasteiger partial charge in [-0.25, -0.2) is 0 Å². The zero-order valence-corrected chi connectivity index (χ0v) is 10.8. The van der Waals surface area contributed by atoms with Gasteiger partial charge >= 0.3 is 0 Å². The van der Waals surface area contributed by atoms with Crippen molar-refractivity contribution >= 4 is 5.69 Å². The van der Waals surface area contributed by atoms with Gasteiger partial charge in [-0.2, -0.15) is 0 Å². The third-order valence-corrected chi connectivity index (χ3v) is 3.45. The molecule has 2 rings (SSSR count). The Labute approximate surface area is 107 Å². The van der Waals surface area contributed by atoms with E-state index < -0.39 is 0 Å². The maximum atomic E-state index is 11.6. The summed E-state index contributed by atoms with van der Waals surface area (Å²) in [5.74, 6) is 0. The Morgan fingerprint density at radius 3 is 3.11 bits per heavy atom. The number of hydrogen-bond acceptors (Lipinski definition) is 4. The van der Waals surface area contributed by atoms with Crippen LogP contribution < -0.4 is 11.3 Å². The summed E-state index contributed by atoms with van der Waals surface area (Å²) in [7, 11) is 2.11. The van der Waals surface area contributed by atoms with Gasteiger partial charge in [0.1, 0.15) is 0 Å². The molecule has 2 heterocycles. The Morgan fingerprint density at radius 2 is 2.39 bits per heavy atom. The second-order valence-electron chi connectivity index (χ2n) is 4.85. The van der Waals surface area contributed by atoms with Gasteiger partial charge in [-0.05, 0) is 32.5 Å². The van der Waals surface area contributed by atoms with Crippen LogP contribution in [0, 0.1) is 0 Å². The lowest BCUT2D eigenvalue weighted by molar-refractivity contribution is 0.158. The summed E-state index contributed by atoms with van der Waals surface area (Å²) in [4.78, 5) is 13.9. The Bertz CT molecular complexity index is 438. The summed E-state index contributed by atoms with van der Waals surface area (Å²) in [6.45, 7) is 3.37. The molecule has 1 aromatic heterocycles. The number of nitrogens with two attached hydrogens (primary N) is 1. The molecule has 0 radical (unpaired) electrons. The number of ether oxygens (including phenoxy) is 1. The van der Waals surface area contributed by atoms with Crippen LogP contribution in [0.15, 0.2) is 23.1 Å². The fourth-order valence-corrected chi connectivity index (χ4v) is 2.27. The number of aromatic nitrogens is 1. The molecule has 2 N–H and O–H groups in total. The van der Waals surface area contributed by atoms with E-state index in [0.29, 0.717) is 18.3 Å². The van der Waals surface area contributed by atoms with Crippen molar-refractivity contribution in [1.82, 2.24) is 9.47 Å². The molecule has 18 heavy (non-hydrogen) atoms. The largest absolute Gasteiger partial charge is 0.398 e. The summed E-state index contributed by atoms with van der Waals surface area (Å²) in [6, 6.07) is 3.69. The van der Waals surface area contributed by atoms with Gasteiger partial charge in [0.2, 0.25) is 0 Å². The number of nitrogens with zero attached hydrogens (tertiary/aromatic N) is 2. The number of nitrogen functional groups attached to an aromatic ring is 1. The SMILES string of the molecule is CN(CCCn1cc(N)ccc1=O)C1CCOC1. The van der Waals surface area contributed by atoms with Crippen molar-refractivity contribution in [3.05, 3.63) is 28.7 Å². The second-order valence-corrected chi connectivity index (χ2v) is 4.85. The van der Waals surface area contributed by atoms with Crippen LogP contribution in [0.4, 0.5) is 5.69 Å². The maximum Gasteiger partial charge on any atom is 0.250 e. The normalized spacial score (nSPS) is 19.6. The molecular weight excluding hydrogens is 230 g/mol. The van der Waals surface area contributed by atoms with Gasteiger partial charge in [-0.15, -0.1) is 0 Å². The first-order valence-corrected chi connectivity index (χ1v) is 6.41. The minimum absolute atomic E-state index is 0.0102. The van der Waals surface area contributed by atoms with Gasteiger partial charge in [-0.3, -0.25) is 4.79 Å². The minimum Gasteiger partial charge on any atom is -0.398 e. The Kier molecular flexibility index (Phi) is 4.38. The molecule has 1 unspecified atom stereocenters. The molecule has 100 valence electrons. The summed E-state index contributed by atoms with van der Waals surface area (Å²) in [6.07, 6.45) is 3.76. The van der Waals surface area contributed by atoms with E-state index in [1.807, 2.05) is 0 Å². The third-order valence-electron chi connectivity index (χ3n) is 3.45.